The molecule has 1 aliphatic heterocycles. The Labute approximate surface area is 171 Å². The summed E-state index contributed by atoms with van der Waals surface area (Å²) >= 11 is 6.00. The highest BCUT2D eigenvalue weighted by Crippen LogP contribution is 2.28. The molecule has 0 aliphatic carbocycles. The Balaban J connectivity index is 1.51. The molecule has 0 unspecified atom stereocenters. The predicted octanol–water partition coefficient (Wildman–Crippen LogP) is 4.82. The summed E-state index contributed by atoms with van der Waals surface area (Å²) in [5.41, 5.74) is 3.23. The number of benzene rings is 3. The van der Waals surface area contributed by atoms with Gasteiger partial charge in [-0.15, -0.1) is 0 Å². The molecule has 0 N–H and O–H groups in total. The molecule has 0 atom stereocenters. The van der Waals surface area contributed by atoms with Crippen molar-refractivity contribution in [3.8, 4) is 0 Å². The smallest absolute Gasteiger partial charge is 0.234 e. The number of amides is 1. The van der Waals surface area contributed by atoms with Crippen LogP contribution in [-0.4, -0.2) is 37.0 Å². The maximum atomic E-state index is 13.5. The van der Waals surface area contributed by atoms with Gasteiger partial charge in [-0.1, -0.05) is 72.3 Å². The lowest BCUT2D eigenvalue weighted by Crippen LogP contribution is -2.50. The average Bonchev–Trinajstić information content (AvgIpc) is 2.76. The fraction of sp³-hybridized carbons (Fsp3) is 0.208. The van der Waals surface area contributed by atoms with Crippen LogP contribution in [0.4, 0.5) is 5.69 Å². The fourth-order valence-corrected chi connectivity index (χ4v) is 3.91. The Morgan fingerprint density at radius 2 is 1.21 bits per heavy atom. The largest absolute Gasteiger partial charge is 0.368 e. The van der Waals surface area contributed by atoms with Gasteiger partial charge in [0, 0.05) is 36.9 Å². The molecule has 28 heavy (non-hydrogen) atoms. The van der Waals surface area contributed by atoms with E-state index in [1.54, 1.807) is 0 Å². The molecule has 1 aliphatic rings. The number of anilines is 1. The van der Waals surface area contributed by atoms with Crippen LogP contribution in [0.3, 0.4) is 0 Å². The summed E-state index contributed by atoms with van der Waals surface area (Å²) in [4.78, 5) is 17.8. The molecule has 0 radical (unpaired) electrons. The Hall–Kier alpha value is -2.78. The SMILES string of the molecule is O=C(C(c1ccccc1)c1ccccc1)N1CCN(c2ccc(Cl)cc2)CC1. The molecule has 3 nitrogen and oxygen atoms in total. The van der Waals surface area contributed by atoms with E-state index in [0.29, 0.717) is 0 Å². The van der Waals surface area contributed by atoms with E-state index in [1.165, 1.54) is 0 Å². The summed E-state index contributed by atoms with van der Waals surface area (Å²) in [5.74, 6) is -0.0855. The van der Waals surface area contributed by atoms with E-state index in [1.807, 2.05) is 89.8 Å². The summed E-state index contributed by atoms with van der Waals surface area (Å²) in [6, 6.07) is 28.0. The first-order valence-corrected chi connectivity index (χ1v) is 9.99. The van der Waals surface area contributed by atoms with E-state index in [-0.39, 0.29) is 11.8 Å². The van der Waals surface area contributed by atoms with Gasteiger partial charge in [0.05, 0.1) is 5.92 Å². The summed E-state index contributed by atoms with van der Waals surface area (Å²) in [5, 5.41) is 0.742. The van der Waals surface area contributed by atoms with Gasteiger partial charge in [0.2, 0.25) is 5.91 Å². The number of hydrogen-bond donors (Lipinski definition) is 0. The molecule has 3 aromatic rings. The highest BCUT2D eigenvalue weighted by Gasteiger charge is 2.29. The number of carbonyl (C=O) groups is 1. The first kappa shape index (κ1) is 18.6. The first-order chi connectivity index (χ1) is 13.7. The van der Waals surface area contributed by atoms with Gasteiger partial charge in [0.1, 0.15) is 0 Å². The Bertz CT molecular complexity index is 865. The normalized spacial score (nSPS) is 14.4. The number of piperazine rings is 1. The summed E-state index contributed by atoms with van der Waals surface area (Å²) in [6.07, 6.45) is 0. The number of hydrogen-bond acceptors (Lipinski definition) is 2. The zero-order chi connectivity index (χ0) is 19.3. The Kier molecular flexibility index (Phi) is 5.63. The lowest BCUT2D eigenvalue weighted by molar-refractivity contribution is -0.132. The molecular weight excluding hydrogens is 368 g/mol. The third-order valence-electron chi connectivity index (χ3n) is 5.30. The highest BCUT2D eigenvalue weighted by molar-refractivity contribution is 6.30. The standard InChI is InChI=1S/C24H23ClN2O/c25-21-11-13-22(14-12-21)26-15-17-27(18-16-26)24(28)23(19-7-3-1-4-8-19)20-9-5-2-6-10-20/h1-14,23H,15-18H2. The predicted molar refractivity (Wildman–Crippen MR) is 115 cm³/mol. The lowest BCUT2D eigenvalue weighted by atomic mass is 9.90. The van der Waals surface area contributed by atoms with Crippen LogP contribution in [0, 0.1) is 0 Å². The van der Waals surface area contributed by atoms with Crippen LogP contribution >= 0.6 is 11.6 Å². The van der Waals surface area contributed by atoms with Crippen LogP contribution in [0.25, 0.3) is 0 Å². The molecule has 1 fully saturated rings. The van der Waals surface area contributed by atoms with Gasteiger partial charge in [-0.25, -0.2) is 0 Å². The van der Waals surface area contributed by atoms with Crippen molar-refractivity contribution in [2.45, 2.75) is 5.92 Å². The quantitative estimate of drug-likeness (QED) is 0.637. The van der Waals surface area contributed by atoms with Crippen LogP contribution in [0.5, 0.6) is 0 Å². The van der Waals surface area contributed by atoms with Gasteiger partial charge in [0.25, 0.3) is 0 Å². The minimum atomic E-state index is -0.260. The summed E-state index contributed by atoms with van der Waals surface area (Å²) < 4.78 is 0. The molecular formula is C24H23ClN2O. The number of halogens is 1. The van der Waals surface area contributed by atoms with E-state index in [2.05, 4.69) is 4.90 Å². The van der Waals surface area contributed by atoms with E-state index in [0.717, 1.165) is 48.0 Å². The van der Waals surface area contributed by atoms with Crippen molar-refractivity contribution < 1.29 is 4.79 Å². The van der Waals surface area contributed by atoms with Crippen molar-refractivity contribution in [3.63, 3.8) is 0 Å². The molecule has 0 saturated carbocycles. The van der Waals surface area contributed by atoms with Crippen molar-refractivity contribution in [2.75, 3.05) is 31.1 Å². The van der Waals surface area contributed by atoms with E-state index in [9.17, 15) is 4.79 Å². The third kappa shape index (κ3) is 4.05. The van der Waals surface area contributed by atoms with Crippen molar-refractivity contribution in [1.82, 2.24) is 4.90 Å². The van der Waals surface area contributed by atoms with Gasteiger partial charge in [-0.2, -0.15) is 0 Å². The monoisotopic (exact) mass is 390 g/mol. The van der Waals surface area contributed by atoms with Crippen LogP contribution in [0.1, 0.15) is 17.0 Å². The number of rotatable bonds is 4. The van der Waals surface area contributed by atoms with E-state index >= 15 is 0 Å². The van der Waals surface area contributed by atoms with Gasteiger partial charge in [-0.05, 0) is 35.4 Å². The zero-order valence-electron chi connectivity index (χ0n) is 15.7. The van der Waals surface area contributed by atoms with Gasteiger partial charge >= 0.3 is 0 Å². The maximum Gasteiger partial charge on any atom is 0.234 e. The molecule has 1 amide bonds. The van der Waals surface area contributed by atoms with Crippen LogP contribution in [-0.2, 0) is 4.79 Å². The molecule has 0 aromatic heterocycles. The van der Waals surface area contributed by atoms with Gasteiger partial charge < -0.3 is 9.80 Å². The Morgan fingerprint density at radius 3 is 1.71 bits per heavy atom. The van der Waals surface area contributed by atoms with Crippen molar-refractivity contribution >= 4 is 23.2 Å². The van der Waals surface area contributed by atoms with Gasteiger partial charge in [-0.3, -0.25) is 4.79 Å². The fourth-order valence-electron chi connectivity index (χ4n) is 3.79. The third-order valence-corrected chi connectivity index (χ3v) is 5.55. The van der Waals surface area contributed by atoms with Gasteiger partial charge in [0.15, 0.2) is 0 Å². The second kappa shape index (κ2) is 8.49. The Morgan fingerprint density at radius 1 is 0.714 bits per heavy atom. The summed E-state index contributed by atoms with van der Waals surface area (Å²) in [7, 11) is 0. The topological polar surface area (TPSA) is 23.6 Å². The minimum Gasteiger partial charge on any atom is -0.368 e. The molecule has 4 heteroatoms. The van der Waals surface area contributed by atoms with Crippen LogP contribution < -0.4 is 4.90 Å². The van der Waals surface area contributed by atoms with E-state index in [4.69, 9.17) is 11.6 Å². The molecule has 0 bridgehead atoms. The molecule has 1 heterocycles. The highest BCUT2D eigenvalue weighted by atomic mass is 35.5. The van der Waals surface area contributed by atoms with Crippen LogP contribution in [0.15, 0.2) is 84.9 Å². The molecule has 4 rings (SSSR count). The van der Waals surface area contributed by atoms with Crippen LogP contribution in [0.2, 0.25) is 5.02 Å². The average molecular weight is 391 g/mol. The van der Waals surface area contributed by atoms with E-state index < -0.39 is 0 Å². The minimum absolute atomic E-state index is 0.174. The lowest BCUT2D eigenvalue weighted by Gasteiger charge is -2.37. The second-order valence-corrected chi connectivity index (χ2v) is 7.48. The zero-order valence-corrected chi connectivity index (χ0v) is 16.4. The van der Waals surface area contributed by atoms with Crippen molar-refractivity contribution in [3.05, 3.63) is 101 Å². The maximum absolute atomic E-state index is 13.5. The molecule has 3 aromatic carbocycles. The molecule has 0 spiro atoms. The second-order valence-electron chi connectivity index (χ2n) is 7.04. The summed E-state index contributed by atoms with van der Waals surface area (Å²) in [6.45, 7) is 3.09. The molecule has 1 saturated heterocycles. The first-order valence-electron chi connectivity index (χ1n) is 9.61. The van der Waals surface area contributed by atoms with Crippen molar-refractivity contribution in [1.29, 1.82) is 0 Å². The molecule has 142 valence electrons. The number of nitrogens with zero attached hydrogens (tertiary/aromatic N) is 2. The number of carbonyl (C=O) groups excluding carboxylic acids is 1. The van der Waals surface area contributed by atoms with Crippen molar-refractivity contribution in [2.24, 2.45) is 0 Å².